The highest BCUT2D eigenvalue weighted by atomic mass is 16.4. The van der Waals surface area contributed by atoms with Gasteiger partial charge in [0.1, 0.15) is 0 Å². The molecule has 0 aliphatic rings. The lowest BCUT2D eigenvalue weighted by Crippen LogP contribution is -2.05. The van der Waals surface area contributed by atoms with Crippen molar-refractivity contribution in [2.75, 3.05) is 0 Å². The van der Waals surface area contributed by atoms with E-state index >= 15 is 0 Å². The monoisotopic (exact) mass is 188 g/mol. The highest BCUT2D eigenvalue weighted by Crippen LogP contribution is 2.01. The van der Waals surface area contributed by atoms with E-state index in [1.807, 2.05) is 0 Å². The summed E-state index contributed by atoms with van der Waals surface area (Å²) in [6, 6.07) is 0. The molecule has 0 saturated carbocycles. The second-order valence-corrected chi connectivity index (χ2v) is 2.55. The van der Waals surface area contributed by atoms with Gasteiger partial charge in [0, 0.05) is 12.5 Å². The lowest BCUT2D eigenvalue weighted by molar-refractivity contribution is -0.137. The van der Waals surface area contributed by atoms with Gasteiger partial charge in [0.25, 0.3) is 0 Å². The quantitative estimate of drug-likeness (QED) is 0.519. The molecule has 0 aromatic rings. The fourth-order valence-corrected chi connectivity index (χ4v) is 0.752. The molecule has 0 rings (SSSR count). The molecule has 5 heteroatoms. The zero-order chi connectivity index (χ0) is 10.3. The molecule has 0 aromatic heterocycles. The highest BCUT2D eigenvalue weighted by molar-refractivity contribution is 5.79. The largest absolute Gasteiger partial charge is 0.481 e. The van der Waals surface area contributed by atoms with Crippen molar-refractivity contribution in [3.63, 3.8) is 0 Å². The zero-order valence-corrected chi connectivity index (χ0v) is 7.01. The number of carboxylic acid groups (broad SMARTS) is 2. The lowest BCUT2D eigenvalue weighted by atomic mass is 10.1. The van der Waals surface area contributed by atoms with Crippen LogP contribution in [0.2, 0.25) is 0 Å². The van der Waals surface area contributed by atoms with E-state index in [1.54, 1.807) is 0 Å². The van der Waals surface area contributed by atoms with E-state index in [2.05, 4.69) is 0 Å². The fourth-order valence-electron chi connectivity index (χ4n) is 0.752. The molecule has 0 aromatic carbocycles. The van der Waals surface area contributed by atoms with Crippen molar-refractivity contribution in [2.45, 2.75) is 25.4 Å². The van der Waals surface area contributed by atoms with E-state index in [0.717, 1.165) is 12.2 Å². The first-order valence-electron chi connectivity index (χ1n) is 3.83. The number of carboxylic acids is 2. The van der Waals surface area contributed by atoms with Gasteiger partial charge in [0.05, 0.1) is 6.10 Å². The maximum atomic E-state index is 10.1. The third-order valence-electron chi connectivity index (χ3n) is 1.35. The predicted molar refractivity (Wildman–Crippen MR) is 44.3 cm³/mol. The number of aliphatic carboxylic acids is 2. The van der Waals surface area contributed by atoms with E-state index in [4.69, 9.17) is 15.3 Å². The van der Waals surface area contributed by atoms with Gasteiger partial charge in [0.2, 0.25) is 0 Å². The highest BCUT2D eigenvalue weighted by Gasteiger charge is 2.02. The minimum Gasteiger partial charge on any atom is -0.481 e. The van der Waals surface area contributed by atoms with E-state index in [9.17, 15) is 9.59 Å². The summed E-state index contributed by atoms with van der Waals surface area (Å²) in [5, 5.41) is 25.5. The van der Waals surface area contributed by atoms with Gasteiger partial charge < -0.3 is 15.3 Å². The van der Waals surface area contributed by atoms with Gasteiger partial charge >= 0.3 is 11.9 Å². The summed E-state index contributed by atoms with van der Waals surface area (Å²) < 4.78 is 0. The van der Waals surface area contributed by atoms with Gasteiger partial charge in [0.15, 0.2) is 0 Å². The molecule has 0 spiro atoms. The Kier molecular flexibility index (Phi) is 5.54. The number of aliphatic hydroxyl groups is 1. The average Bonchev–Trinajstić information content (AvgIpc) is 2.00. The summed E-state index contributed by atoms with van der Waals surface area (Å²) in [6.07, 6.45) is 1.67. The van der Waals surface area contributed by atoms with Crippen LogP contribution in [-0.2, 0) is 9.59 Å². The summed E-state index contributed by atoms with van der Waals surface area (Å²) in [6.45, 7) is 0. The predicted octanol–water partition coefficient (Wildman–Crippen LogP) is 0.243. The van der Waals surface area contributed by atoms with E-state index in [0.29, 0.717) is 6.42 Å². The average molecular weight is 188 g/mol. The standard InChI is InChI=1S/C8H12O5/c9-6(4-5-8(12)13)2-1-3-7(10)11/h4-6,9H,1-3H2,(H,10,11)(H,12,13)/b5-4+. The van der Waals surface area contributed by atoms with Crippen LogP contribution in [0.3, 0.4) is 0 Å². The van der Waals surface area contributed by atoms with Crippen LogP contribution >= 0.6 is 0 Å². The van der Waals surface area contributed by atoms with Crippen molar-refractivity contribution in [2.24, 2.45) is 0 Å². The number of carbonyl (C=O) groups is 2. The van der Waals surface area contributed by atoms with Crippen LogP contribution in [0.5, 0.6) is 0 Å². The van der Waals surface area contributed by atoms with Crippen molar-refractivity contribution in [1.29, 1.82) is 0 Å². The molecule has 3 N–H and O–H groups in total. The Morgan fingerprint density at radius 2 is 1.92 bits per heavy atom. The van der Waals surface area contributed by atoms with Crippen LogP contribution in [0.1, 0.15) is 19.3 Å². The van der Waals surface area contributed by atoms with Gasteiger partial charge in [-0.25, -0.2) is 4.79 Å². The Morgan fingerprint density at radius 1 is 1.31 bits per heavy atom. The minimum atomic E-state index is -1.13. The van der Waals surface area contributed by atoms with E-state index in [-0.39, 0.29) is 12.8 Å². The number of hydrogen-bond donors (Lipinski definition) is 3. The molecule has 0 aliphatic heterocycles. The first-order chi connectivity index (χ1) is 6.02. The van der Waals surface area contributed by atoms with Crippen molar-refractivity contribution in [3.05, 3.63) is 12.2 Å². The van der Waals surface area contributed by atoms with Gasteiger partial charge in [-0.1, -0.05) is 0 Å². The number of hydrogen-bond acceptors (Lipinski definition) is 3. The molecule has 1 unspecified atom stereocenters. The molecule has 13 heavy (non-hydrogen) atoms. The van der Waals surface area contributed by atoms with Gasteiger partial charge in [-0.2, -0.15) is 0 Å². The molecule has 0 aliphatic carbocycles. The van der Waals surface area contributed by atoms with E-state index in [1.165, 1.54) is 0 Å². The first-order valence-corrected chi connectivity index (χ1v) is 3.83. The van der Waals surface area contributed by atoms with Gasteiger partial charge in [-0.15, -0.1) is 0 Å². The molecule has 0 amide bonds. The van der Waals surface area contributed by atoms with E-state index < -0.39 is 18.0 Å². The van der Waals surface area contributed by atoms with Crippen LogP contribution in [0, 0.1) is 0 Å². The maximum Gasteiger partial charge on any atom is 0.328 e. The summed E-state index contributed by atoms with van der Waals surface area (Å²) in [5.74, 6) is -2.05. The van der Waals surface area contributed by atoms with Crippen LogP contribution in [0.15, 0.2) is 12.2 Å². The maximum absolute atomic E-state index is 10.1. The Hall–Kier alpha value is -1.36. The molecule has 0 fully saturated rings. The molecule has 0 saturated heterocycles. The summed E-state index contributed by atoms with van der Waals surface area (Å²) in [7, 11) is 0. The Balaban J connectivity index is 3.57. The Morgan fingerprint density at radius 3 is 2.38 bits per heavy atom. The van der Waals surface area contributed by atoms with Crippen molar-refractivity contribution < 1.29 is 24.9 Å². The smallest absolute Gasteiger partial charge is 0.328 e. The summed E-state index contributed by atoms with van der Waals surface area (Å²) >= 11 is 0. The van der Waals surface area contributed by atoms with Crippen LogP contribution in [0.25, 0.3) is 0 Å². The third-order valence-corrected chi connectivity index (χ3v) is 1.35. The third kappa shape index (κ3) is 8.55. The molecule has 74 valence electrons. The number of aliphatic hydroxyl groups excluding tert-OH is 1. The van der Waals surface area contributed by atoms with Crippen LogP contribution in [0.4, 0.5) is 0 Å². The molecule has 5 nitrogen and oxygen atoms in total. The van der Waals surface area contributed by atoms with Crippen LogP contribution in [-0.4, -0.2) is 33.4 Å². The Bertz CT molecular complexity index is 209. The molecular weight excluding hydrogens is 176 g/mol. The topological polar surface area (TPSA) is 94.8 Å². The lowest BCUT2D eigenvalue weighted by Gasteiger charge is -2.02. The van der Waals surface area contributed by atoms with Crippen LogP contribution < -0.4 is 0 Å². The van der Waals surface area contributed by atoms with Crippen molar-refractivity contribution in [1.82, 2.24) is 0 Å². The second kappa shape index (κ2) is 6.19. The molecular formula is C8H12O5. The molecule has 0 radical (unpaired) electrons. The molecule has 0 bridgehead atoms. The van der Waals surface area contributed by atoms with Crippen molar-refractivity contribution >= 4 is 11.9 Å². The van der Waals surface area contributed by atoms with Gasteiger partial charge in [-0.3, -0.25) is 4.79 Å². The number of rotatable bonds is 6. The summed E-state index contributed by atoms with van der Waals surface area (Å²) in [4.78, 5) is 20.0. The summed E-state index contributed by atoms with van der Waals surface area (Å²) in [5.41, 5.74) is 0. The van der Waals surface area contributed by atoms with Gasteiger partial charge in [-0.05, 0) is 18.9 Å². The minimum absolute atomic E-state index is 0.0159. The molecule has 1 atom stereocenters. The van der Waals surface area contributed by atoms with Crippen molar-refractivity contribution in [3.8, 4) is 0 Å². The fraction of sp³-hybridized carbons (Fsp3) is 0.500. The first kappa shape index (κ1) is 11.6. The Labute approximate surface area is 75.3 Å². The SMILES string of the molecule is O=C(O)/C=C/C(O)CCCC(=O)O. The normalized spacial score (nSPS) is 13.0. The zero-order valence-electron chi connectivity index (χ0n) is 7.01. The second-order valence-electron chi connectivity index (χ2n) is 2.55. The molecule has 0 heterocycles.